The molecular formula is C10H14FNO2. The first-order valence-corrected chi connectivity index (χ1v) is 4.26. The monoisotopic (exact) mass is 199 g/mol. The molecule has 0 aromatic heterocycles. The largest absolute Gasteiger partial charge is 0.493 e. The van der Waals surface area contributed by atoms with Crippen molar-refractivity contribution in [1.29, 1.82) is 0 Å². The Morgan fingerprint density at radius 2 is 2.00 bits per heavy atom. The molecule has 0 atom stereocenters. The number of alkyl halides is 1. The predicted molar refractivity (Wildman–Crippen MR) is 52.2 cm³/mol. The number of hydrogen-bond acceptors (Lipinski definition) is 3. The van der Waals surface area contributed by atoms with Gasteiger partial charge in [0.05, 0.1) is 14.2 Å². The topological polar surface area (TPSA) is 44.5 Å². The van der Waals surface area contributed by atoms with E-state index in [0.29, 0.717) is 23.6 Å². The Balaban J connectivity index is 3.24. The van der Waals surface area contributed by atoms with Crippen molar-refractivity contribution in [2.24, 2.45) is 5.73 Å². The molecule has 2 N–H and O–H groups in total. The SMILES string of the molecule is COc1cc(CN)cc(CF)c1OC. The fourth-order valence-corrected chi connectivity index (χ4v) is 1.32. The highest BCUT2D eigenvalue weighted by atomic mass is 19.1. The summed E-state index contributed by atoms with van der Waals surface area (Å²) in [4.78, 5) is 0. The van der Waals surface area contributed by atoms with Crippen LogP contribution >= 0.6 is 0 Å². The second-order valence-corrected chi connectivity index (χ2v) is 2.83. The lowest BCUT2D eigenvalue weighted by molar-refractivity contribution is 0.344. The second kappa shape index (κ2) is 4.81. The minimum absolute atomic E-state index is 0.355. The van der Waals surface area contributed by atoms with Gasteiger partial charge < -0.3 is 15.2 Å². The number of ether oxygens (including phenoxy) is 2. The number of benzene rings is 1. The van der Waals surface area contributed by atoms with Crippen LogP contribution < -0.4 is 15.2 Å². The minimum atomic E-state index is -0.590. The number of hydrogen-bond donors (Lipinski definition) is 1. The van der Waals surface area contributed by atoms with Gasteiger partial charge >= 0.3 is 0 Å². The summed E-state index contributed by atoms with van der Waals surface area (Å²) >= 11 is 0. The second-order valence-electron chi connectivity index (χ2n) is 2.83. The summed E-state index contributed by atoms with van der Waals surface area (Å²) < 4.78 is 22.8. The van der Waals surface area contributed by atoms with Gasteiger partial charge in [-0.15, -0.1) is 0 Å². The van der Waals surface area contributed by atoms with E-state index in [9.17, 15) is 4.39 Å². The van der Waals surface area contributed by atoms with E-state index in [2.05, 4.69) is 0 Å². The zero-order chi connectivity index (χ0) is 10.6. The first kappa shape index (κ1) is 10.8. The van der Waals surface area contributed by atoms with E-state index in [1.807, 2.05) is 0 Å². The van der Waals surface area contributed by atoms with Gasteiger partial charge in [0.25, 0.3) is 0 Å². The fourth-order valence-electron chi connectivity index (χ4n) is 1.32. The third-order valence-corrected chi connectivity index (χ3v) is 2.00. The molecule has 0 spiro atoms. The van der Waals surface area contributed by atoms with Crippen molar-refractivity contribution >= 4 is 0 Å². The Morgan fingerprint density at radius 3 is 2.43 bits per heavy atom. The molecule has 0 bridgehead atoms. The number of methoxy groups -OCH3 is 2. The molecule has 1 rings (SSSR count). The first-order chi connectivity index (χ1) is 6.76. The molecule has 78 valence electrons. The van der Waals surface area contributed by atoms with Crippen LogP contribution in [0, 0.1) is 0 Å². The van der Waals surface area contributed by atoms with Crippen molar-refractivity contribution in [3.05, 3.63) is 23.3 Å². The molecule has 0 aliphatic rings. The average Bonchev–Trinajstić information content (AvgIpc) is 2.26. The molecule has 14 heavy (non-hydrogen) atoms. The normalized spacial score (nSPS) is 10.0. The van der Waals surface area contributed by atoms with Gasteiger partial charge in [0.2, 0.25) is 0 Å². The molecule has 4 heteroatoms. The van der Waals surface area contributed by atoms with E-state index in [-0.39, 0.29) is 0 Å². The van der Waals surface area contributed by atoms with Crippen molar-refractivity contribution in [3.63, 3.8) is 0 Å². The van der Waals surface area contributed by atoms with Crippen LogP contribution in [-0.4, -0.2) is 14.2 Å². The molecule has 0 heterocycles. The van der Waals surface area contributed by atoms with Gasteiger partial charge in [-0.2, -0.15) is 0 Å². The van der Waals surface area contributed by atoms with Crippen molar-refractivity contribution < 1.29 is 13.9 Å². The van der Waals surface area contributed by atoms with Crippen LogP contribution in [0.15, 0.2) is 12.1 Å². The Morgan fingerprint density at radius 1 is 1.29 bits per heavy atom. The van der Waals surface area contributed by atoms with Crippen LogP contribution in [0.5, 0.6) is 11.5 Å². The third kappa shape index (κ3) is 1.96. The molecule has 0 aliphatic carbocycles. The summed E-state index contributed by atoms with van der Waals surface area (Å²) in [5.41, 5.74) is 6.76. The van der Waals surface area contributed by atoms with Gasteiger partial charge in [-0.05, 0) is 17.7 Å². The Kier molecular flexibility index (Phi) is 3.71. The van der Waals surface area contributed by atoms with Crippen LogP contribution in [0.3, 0.4) is 0 Å². The van der Waals surface area contributed by atoms with Gasteiger partial charge in [0.15, 0.2) is 11.5 Å². The minimum Gasteiger partial charge on any atom is -0.493 e. The molecule has 1 aromatic rings. The maximum Gasteiger partial charge on any atom is 0.166 e. The predicted octanol–water partition coefficient (Wildman–Crippen LogP) is 1.63. The average molecular weight is 199 g/mol. The highest BCUT2D eigenvalue weighted by Crippen LogP contribution is 2.32. The standard InChI is InChI=1S/C10H14FNO2/c1-13-9-4-7(6-12)3-8(5-11)10(9)14-2/h3-4H,5-6,12H2,1-2H3. The lowest BCUT2D eigenvalue weighted by atomic mass is 10.1. The van der Waals surface area contributed by atoms with E-state index in [0.717, 1.165) is 5.56 Å². The van der Waals surface area contributed by atoms with Crippen molar-refractivity contribution in [3.8, 4) is 11.5 Å². The Bertz CT molecular complexity index is 290. The van der Waals surface area contributed by atoms with Gasteiger partial charge in [0.1, 0.15) is 6.67 Å². The zero-order valence-corrected chi connectivity index (χ0v) is 8.34. The van der Waals surface area contributed by atoms with E-state index in [4.69, 9.17) is 15.2 Å². The third-order valence-electron chi connectivity index (χ3n) is 2.00. The van der Waals surface area contributed by atoms with Gasteiger partial charge in [0, 0.05) is 12.1 Å². The number of nitrogens with two attached hydrogens (primary N) is 1. The summed E-state index contributed by atoms with van der Waals surface area (Å²) in [5.74, 6) is 0.954. The molecule has 0 saturated carbocycles. The van der Waals surface area contributed by atoms with Crippen molar-refractivity contribution in [1.82, 2.24) is 0 Å². The fraction of sp³-hybridized carbons (Fsp3) is 0.400. The van der Waals surface area contributed by atoms with Crippen LogP contribution in [-0.2, 0) is 13.2 Å². The summed E-state index contributed by atoms with van der Waals surface area (Å²) in [6.07, 6.45) is 0. The van der Waals surface area contributed by atoms with E-state index < -0.39 is 6.67 Å². The summed E-state index contributed by atoms with van der Waals surface area (Å²) in [7, 11) is 3.00. The summed E-state index contributed by atoms with van der Waals surface area (Å²) in [6, 6.07) is 3.43. The summed E-state index contributed by atoms with van der Waals surface area (Å²) in [6.45, 7) is -0.235. The molecular weight excluding hydrogens is 185 g/mol. The zero-order valence-electron chi connectivity index (χ0n) is 8.34. The van der Waals surface area contributed by atoms with Crippen LogP contribution in [0.25, 0.3) is 0 Å². The lowest BCUT2D eigenvalue weighted by Gasteiger charge is -2.12. The van der Waals surface area contributed by atoms with Gasteiger partial charge in [-0.3, -0.25) is 0 Å². The van der Waals surface area contributed by atoms with Crippen LogP contribution in [0.1, 0.15) is 11.1 Å². The van der Waals surface area contributed by atoms with Crippen molar-refractivity contribution in [2.75, 3.05) is 14.2 Å². The molecule has 0 amide bonds. The molecule has 1 aromatic carbocycles. The lowest BCUT2D eigenvalue weighted by Crippen LogP contribution is -2.01. The molecule has 0 fully saturated rings. The van der Waals surface area contributed by atoms with Gasteiger partial charge in [-0.25, -0.2) is 4.39 Å². The van der Waals surface area contributed by atoms with Crippen LogP contribution in [0.2, 0.25) is 0 Å². The smallest absolute Gasteiger partial charge is 0.166 e. The molecule has 3 nitrogen and oxygen atoms in total. The molecule has 0 unspecified atom stereocenters. The maximum atomic E-state index is 12.6. The number of rotatable bonds is 4. The summed E-state index contributed by atoms with van der Waals surface area (Å²) in [5, 5.41) is 0. The van der Waals surface area contributed by atoms with E-state index >= 15 is 0 Å². The quantitative estimate of drug-likeness (QED) is 0.801. The molecule has 0 aliphatic heterocycles. The van der Waals surface area contributed by atoms with Crippen molar-refractivity contribution in [2.45, 2.75) is 13.2 Å². The highest BCUT2D eigenvalue weighted by Gasteiger charge is 2.11. The Hall–Kier alpha value is -1.29. The number of halogens is 1. The highest BCUT2D eigenvalue weighted by molar-refractivity contribution is 5.49. The maximum absolute atomic E-state index is 12.6. The first-order valence-electron chi connectivity index (χ1n) is 4.26. The van der Waals surface area contributed by atoms with Gasteiger partial charge in [-0.1, -0.05) is 0 Å². The Labute approximate surface area is 82.6 Å². The van der Waals surface area contributed by atoms with E-state index in [1.165, 1.54) is 14.2 Å². The van der Waals surface area contributed by atoms with E-state index in [1.54, 1.807) is 12.1 Å². The molecule has 0 saturated heterocycles. The molecule has 0 radical (unpaired) electrons. The van der Waals surface area contributed by atoms with Crippen LogP contribution in [0.4, 0.5) is 4.39 Å².